The number of hydrogen-bond acceptors (Lipinski definition) is 3. The maximum Gasteiger partial charge on any atom is 0.252 e. The Labute approximate surface area is 155 Å². The molecule has 4 heteroatoms. The van der Waals surface area contributed by atoms with Crippen LogP contribution >= 0.6 is 0 Å². The van der Waals surface area contributed by atoms with Gasteiger partial charge in [-0.05, 0) is 43.9 Å². The molecule has 26 heavy (non-hydrogen) atoms. The molecule has 0 saturated carbocycles. The van der Waals surface area contributed by atoms with Gasteiger partial charge in [0.05, 0.1) is 5.56 Å². The molecule has 2 aromatic carbocycles. The number of aryl methyl sites for hydroxylation is 1. The molecule has 0 bridgehead atoms. The van der Waals surface area contributed by atoms with Crippen LogP contribution in [0.3, 0.4) is 0 Å². The van der Waals surface area contributed by atoms with Gasteiger partial charge in [-0.15, -0.1) is 0 Å². The summed E-state index contributed by atoms with van der Waals surface area (Å²) in [5, 5.41) is 21.4. The van der Waals surface area contributed by atoms with Crippen molar-refractivity contribution < 1.29 is 15.0 Å². The van der Waals surface area contributed by atoms with Gasteiger partial charge in [0.2, 0.25) is 0 Å². The number of primary amides is 1. The highest BCUT2D eigenvalue weighted by Crippen LogP contribution is 2.42. The minimum Gasteiger partial charge on any atom is -0.508 e. The van der Waals surface area contributed by atoms with Gasteiger partial charge in [-0.25, -0.2) is 0 Å². The van der Waals surface area contributed by atoms with Crippen LogP contribution in [0.5, 0.6) is 11.5 Å². The molecule has 0 spiro atoms. The molecule has 0 aliphatic heterocycles. The third kappa shape index (κ3) is 3.90. The van der Waals surface area contributed by atoms with Crippen LogP contribution in [0.2, 0.25) is 0 Å². The van der Waals surface area contributed by atoms with Crippen molar-refractivity contribution in [3.63, 3.8) is 0 Å². The number of aromatic hydroxyl groups is 2. The molecule has 0 radical (unpaired) electrons. The van der Waals surface area contributed by atoms with E-state index in [0.717, 1.165) is 36.0 Å². The lowest BCUT2D eigenvalue weighted by Gasteiger charge is -2.18. The Balaban J connectivity index is 2.71. The zero-order chi connectivity index (χ0) is 19.4. The molecular weight excluding hydrogens is 326 g/mol. The van der Waals surface area contributed by atoms with Crippen molar-refractivity contribution in [3.8, 4) is 22.6 Å². The van der Waals surface area contributed by atoms with Crippen molar-refractivity contribution in [2.45, 2.75) is 46.5 Å². The molecule has 1 amide bonds. The number of carbonyl (C=O) groups excluding carboxylic acids is 1. The van der Waals surface area contributed by atoms with E-state index in [1.165, 1.54) is 6.07 Å². The molecular formula is C22H27NO3. The van der Waals surface area contributed by atoms with Gasteiger partial charge in [0, 0.05) is 11.1 Å². The Kier molecular flexibility index (Phi) is 6.09. The van der Waals surface area contributed by atoms with E-state index in [1.807, 2.05) is 32.0 Å². The average molecular weight is 353 g/mol. The Morgan fingerprint density at radius 2 is 1.85 bits per heavy atom. The summed E-state index contributed by atoms with van der Waals surface area (Å²) in [5.41, 5.74) is 9.73. The lowest BCUT2D eigenvalue weighted by Crippen LogP contribution is -2.15. The molecule has 0 heterocycles. The van der Waals surface area contributed by atoms with Crippen molar-refractivity contribution in [2.24, 2.45) is 5.73 Å². The Hall–Kier alpha value is -2.75. The number of phenols is 2. The Morgan fingerprint density at radius 1 is 1.15 bits per heavy atom. The molecule has 0 fully saturated rings. The van der Waals surface area contributed by atoms with Crippen molar-refractivity contribution >= 4 is 11.5 Å². The fourth-order valence-electron chi connectivity index (χ4n) is 3.23. The Bertz CT molecular complexity index is 853. The summed E-state index contributed by atoms with van der Waals surface area (Å²) in [7, 11) is 0. The van der Waals surface area contributed by atoms with Crippen molar-refractivity contribution in [1.29, 1.82) is 0 Å². The Morgan fingerprint density at radius 3 is 2.42 bits per heavy atom. The van der Waals surface area contributed by atoms with E-state index in [2.05, 4.69) is 13.5 Å². The quantitative estimate of drug-likeness (QED) is 0.487. The summed E-state index contributed by atoms with van der Waals surface area (Å²) >= 11 is 0. The zero-order valence-electron chi connectivity index (χ0n) is 15.7. The van der Waals surface area contributed by atoms with Crippen molar-refractivity contribution in [3.05, 3.63) is 53.1 Å². The fraction of sp³-hybridized carbons (Fsp3) is 0.318. The molecule has 2 aromatic rings. The highest BCUT2D eigenvalue weighted by atomic mass is 16.3. The van der Waals surface area contributed by atoms with E-state index in [4.69, 9.17) is 5.73 Å². The van der Waals surface area contributed by atoms with Crippen molar-refractivity contribution in [2.75, 3.05) is 0 Å². The number of phenolic OH excluding ortho intramolecular Hbond substituents is 1. The first kappa shape index (κ1) is 19.6. The topological polar surface area (TPSA) is 83.5 Å². The largest absolute Gasteiger partial charge is 0.508 e. The van der Waals surface area contributed by atoms with Crippen LogP contribution in [0.25, 0.3) is 16.7 Å². The molecule has 0 saturated heterocycles. The van der Waals surface area contributed by atoms with Gasteiger partial charge >= 0.3 is 0 Å². The van der Waals surface area contributed by atoms with E-state index in [0.29, 0.717) is 23.1 Å². The second-order valence-corrected chi connectivity index (χ2v) is 6.80. The predicted octanol–water partition coefficient (Wildman–Crippen LogP) is 4.94. The molecule has 0 aliphatic rings. The number of rotatable bonds is 7. The summed E-state index contributed by atoms with van der Waals surface area (Å²) in [4.78, 5) is 12.0. The standard InChI is InChI=1S/C22H27NO3/c1-5-6-7-8-16-19(24)12-18(21(25)20(16)22(23)26)17-11-14(4)9-10-15(17)13(2)3/h9-12,24-25H,2,5-8H2,1,3-4H3,(H2,23,26). The van der Waals surface area contributed by atoms with Gasteiger partial charge in [-0.2, -0.15) is 0 Å². The zero-order valence-corrected chi connectivity index (χ0v) is 15.7. The lowest BCUT2D eigenvalue weighted by atomic mass is 9.89. The van der Waals surface area contributed by atoms with Crippen molar-refractivity contribution in [1.82, 2.24) is 0 Å². The van der Waals surface area contributed by atoms with Gasteiger partial charge in [0.1, 0.15) is 11.5 Å². The first-order valence-electron chi connectivity index (χ1n) is 8.92. The van der Waals surface area contributed by atoms with E-state index in [9.17, 15) is 15.0 Å². The molecule has 0 unspecified atom stereocenters. The van der Waals surface area contributed by atoms with E-state index in [1.54, 1.807) is 0 Å². The normalized spacial score (nSPS) is 10.7. The maximum atomic E-state index is 12.0. The van der Waals surface area contributed by atoms with Crippen LogP contribution in [-0.2, 0) is 6.42 Å². The molecule has 138 valence electrons. The van der Waals surface area contributed by atoms with Gasteiger partial charge in [-0.1, -0.05) is 55.7 Å². The average Bonchev–Trinajstić information content (AvgIpc) is 2.57. The summed E-state index contributed by atoms with van der Waals surface area (Å²) in [6.45, 7) is 9.87. The smallest absolute Gasteiger partial charge is 0.252 e. The number of hydrogen-bond donors (Lipinski definition) is 3. The molecule has 0 aromatic heterocycles. The monoisotopic (exact) mass is 353 g/mol. The summed E-state index contributed by atoms with van der Waals surface area (Å²) in [6, 6.07) is 7.30. The minimum absolute atomic E-state index is 0.00488. The van der Waals surface area contributed by atoms with Crippen LogP contribution in [-0.4, -0.2) is 16.1 Å². The number of amides is 1. The SMILES string of the molecule is C=C(C)c1ccc(C)cc1-c1cc(O)c(CCCCC)c(C(N)=O)c1O. The van der Waals surface area contributed by atoms with Gasteiger partial charge in [0.25, 0.3) is 5.91 Å². The molecule has 2 rings (SSSR count). The number of nitrogens with two attached hydrogens (primary N) is 1. The number of allylic oxidation sites excluding steroid dienone is 1. The molecule has 0 aliphatic carbocycles. The van der Waals surface area contributed by atoms with Crippen LogP contribution in [0, 0.1) is 6.92 Å². The number of benzene rings is 2. The molecule has 0 atom stereocenters. The maximum absolute atomic E-state index is 12.0. The van der Waals surface area contributed by atoms with E-state index < -0.39 is 5.91 Å². The van der Waals surface area contributed by atoms with Crippen LogP contribution in [0.1, 0.15) is 60.2 Å². The minimum atomic E-state index is -0.740. The van der Waals surface area contributed by atoms with Crippen LogP contribution < -0.4 is 5.73 Å². The summed E-state index contributed by atoms with van der Waals surface area (Å²) < 4.78 is 0. The number of unbranched alkanes of at least 4 members (excludes halogenated alkanes) is 2. The van der Waals surface area contributed by atoms with Gasteiger partial charge in [-0.3, -0.25) is 4.79 Å². The molecule has 4 nitrogen and oxygen atoms in total. The third-order valence-electron chi connectivity index (χ3n) is 4.59. The second-order valence-electron chi connectivity index (χ2n) is 6.80. The van der Waals surface area contributed by atoms with E-state index >= 15 is 0 Å². The first-order chi connectivity index (χ1) is 12.3. The highest BCUT2D eigenvalue weighted by molar-refractivity contribution is 6.01. The van der Waals surface area contributed by atoms with Gasteiger partial charge < -0.3 is 15.9 Å². The molecule has 4 N–H and O–H groups in total. The highest BCUT2D eigenvalue weighted by Gasteiger charge is 2.23. The van der Waals surface area contributed by atoms with E-state index in [-0.39, 0.29) is 17.1 Å². The predicted molar refractivity (Wildman–Crippen MR) is 106 cm³/mol. The van der Waals surface area contributed by atoms with Crippen LogP contribution in [0.4, 0.5) is 0 Å². The van der Waals surface area contributed by atoms with Gasteiger partial charge in [0.15, 0.2) is 0 Å². The third-order valence-corrected chi connectivity index (χ3v) is 4.59. The second kappa shape index (κ2) is 8.09. The fourth-order valence-corrected chi connectivity index (χ4v) is 3.23. The van der Waals surface area contributed by atoms with Crippen LogP contribution in [0.15, 0.2) is 30.8 Å². The number of carbonyl (C=O) groups is 1. The summed E-state index contributed by atoms with van der Waals surface area (Å²) in [6.07, 6.45) is 3.29. The summed E-state index contributed by atoms with van der Waals surface area (Å²) in [5.74, 6) is -0.942. The lowest BCUT2D eigenvalue weighted by molar-refractivity contribution is 0.0996. The first-order valence-corrected chi connectivity index (χ1v) is 8.92.